The topological polar surface area (TPSA) is 24.1 Å². The maximum absolute atomic E-state index is 3.30. The lowest BCUT2D eigenvalue weighted by molar-refractivity contribution is 0.900. The molecule has 0 aromatic heterocycles. The lowest BCUT2D eigenvalue weighted by Gasteiger charge is -2.08. The smallest absolute Gasteiger partial charge is 0.0342 e. The molecule has 2 N–H and O–H groups in total. The summed E-state index contributed by atoms with van der Waals surface area (Å²) in [5.74, 6) is 0. The van der Waals surface area contributed by atoms with Crippen molar-refractivity contribution in [2.24, 2.45) is 0 Å². The highest BCUT2D eigenvalue weighted by molar-refractivity contribution is 5.42. The van der Waals surface area contributed by atoms with Gasteiger partial charge in [0.1, 0.15) is 0 Å². The van der Waals surface area contributed by atoms with E-state index >= 15 is 0 Å². The summed E-state index contributed by atoms with van der Waals surface area (Å²) in [4.78, 5) is 0. The summed E-state index contributed by atoms with van der Waals surface area (Å²) in [7, 11) is 3.75. The van der Waals surface area contributed by atoms with Gasteiger partial charge in [0.25, 0.3) is 0 Å². The van der Waals surface area contributed by atoms with E-state index in [1.165, 1.54) is 5.69 Å². The molecule has 2 nitrogen and oxygen atoms in total. The first kappa shape index (κ1) is 12.0. The first-order valence-electron chi connectivity index (χ1n) is 4.60. The minimum atomic E-state index is 0.516. The summed E-state index contributed by atoms with van der Waals surface area (Å²) in [6.07, 6.45) is 0. The molecule has 0 aliphatic rings. The second-order valence-electron chi connectivity index (χ2n) is 3.17. The number of nitrogens with one attached hydrogen (secondary N) is 2. The Morgan fingerprint density at radius 3 is 1.85 bits per heavy atom. The first-order valence-corrected chi connectivity index (χ1v) is 4.60. The lowest BCUT2D eigenvalue weighted by Crippen LogP contribution is -2.08. The Morgan fingerprint density at radius 1 is 1.00 bits per heavy atom. The second-order valence-corrected chi connectivity index (χ2v) is 3.17. The molecular weight excluding hydrogens is 160 g/mol. The van der Waals surface area contributed by atoms with E-state index in [-0.39, 0.29) is 0 Å². The third-order valence-electron chi connectivity index (χ3n) is 1.23. The van der Waals surface area contributed by atoms with Crippen molar-refractivity contribution in [1.82, 2.24) is 5.32 Å². The highest BCUT2D eigenvalue weighted by Crippen LogP contribution is 2.05. The van der Waals surface area contributed by atoms with Crippen LogP contribution in [0.15, 0.2) is 30.3 Å². The molecule has 0 aliphatic heterocycles. The Bertz CT molecular complexity index is 195. The van der Waals surface area contributed by atoms with Gasteiger partial charge in [-0.2, -0.15) is 0 Å². The summed E-state index contributed by atoms with van der Waals surface area (Å²) in [5, 5.41) is 6.05. The van der Waals surface area contributed by atoms with Crippen molar-refractivity contribution >= 4 is 5.69 Å². The molecule has 0 fully saturated rings. The molecule has 74 valence electrons. The Balaban J connectivity index is 0.000000424. The SMILES string of the molecule is CC(C)Nc1ccccc1.CNC. The van der Waals surface area contributed by atoms with Gasteiger partial charge in [-0.15, -0.1) is 0 Å². The zero-order chi connectivity index (χ0) is 10.1. The summed E-state index contributed by atoms with van der Waals surface area (Å²) < 4.78 is 0. The van der Waals surface area contributed by atoms with Crippen molar-refractivity contribution in [1.29, 1.82) is 0 Å². The largest absolute Gasteiger partial charge is 0.383 e. The molecule has 0 aliphatic carbocycles. The highest BCUT2D eigenvalue weighted by atomic mass is 14.9. The summed E-state index contributed by atoms with van der Waals surface area (Å²) in [6, 6.07) is 10.7. The average molecular weight is 180 g/mol. The number of hydrogen-bond donors (Lipinski definition) is 2. The van der Waals surface area contributed by atoms with Gasteiger partial charge in [-0.05, 0) is 40.1 Å². The molecule has 1 aromatic rings. The van der Waals surface area contributed by atoms with Crippen molar-refractivity contribution in [2.75, 3.05) is 19.4 Å². The molecule has 0 radical (unpaired) electrons. The Labute approximate surface area is 81.4 Å². The van der Waals surface area contributed by atoms with Gasteiger partial charge in [0, 0.05) is 11.7 Å². The zero-order valence-corrected chi connectivity index (χ0v) is 8.96. The van der Waals surface area contributed by atoms with Gasteiger partial charge in [0.2, 0.25) is 0 Å². The monoisotopic (exact) mass is 180 g/mol. The fourth-order valence-electron chi connectivity index (χ4n) is 0.868. The molecule has 2 heteroatoms. The van der Waals surface area contributed by atoms with Crippen LogP contribution in [0.25, 0.3) is 0 Å². The molecule has 0 bridgehead atoms. The van der Waals surface area contributed by atoms with Crippen LogP contribution >= 0.6 is 0 Å². The van der Waals surface area contributed by atoms with Crippen LogP contribution in [0.4, 0.5) is 5.69 Å². The molecule has 13 heavy (non-hydrogen) atoms. The average Bonchev–Trinajstić information content (AvgIpc) is 2.06. The van der Waals surface area contributed by atoms with Crippen LogP contribution in [0.1, 0.15) is 13.8 Å². The predicted molar refractivity (Wildman–Crippen MR) is 60.2 cm³/mol. The van der Waals surface area contributed by atoms with Crippen molar-refractivity contribution in [3.63, 3.8) is 0 Å². The van der Waals surface area contributed by atoms with Crippen molar-refractivity contribution in [3.8, 4) is 0 Å². The third kappa shape index (κ3) is 7.34. The summed E-state index contributed by atoms with van der Waals surface area (Å²) >= 11 is 0. The molecule has 0 saturated carbocycles. The maximum Gasteiger partial charge on any atom is 0.0342 e. The van der Waals surface area contributed by atoms with Crippen LogP contribution in [0, 0.1) is 0 Å². The molecule has 1 aromatic carbocycles. The minimum absolute atomic E-state index is 0.516. The normalized spacial score (nSPS) is 9.00. The van der Waals surface area contributed by atoms with Crippen molar-refractivity contribution in [2.45, 2.75) is 19.9 Å². The Hall–Kier alpha value is -1.02. The fraction of sp³-hybridized carbons (Fsp3) is 0.455. The first-order chi connectivity index (χ1) is 6.20. The molecule has 0 amide bonds. The predicted octanol–water partition coefficient (Wildman–Crippen LogP) is 2.34. The van der Waals surface area contributed by atoms with Gasteiger partial charge in [-0.1, -0.05) is 18.2 Å². The van der Waals surface area contributed by atoms with Crippen LogP contribution in [-0.4, -0.2) is 20.1 Å². The zero-order valence-electron chi connectivity index (χ0n) is 8.96. The fourth-order valence-corrected chi connectivity index (χ4v) is 0.868. The van der Waals surface area contributed by atoms with E-state index in [2.05, 4.69) is 36.6 Å². The molecule has 0 spiro atoms. The molecule has 0 saturated heterocycles. The molecule has 0 heterocycles. The molecular formula is C11H20N2. The van der Waals surface area contributed by atoms with Gasteiger partial charge in [0.05, 0.1) is 0 Å². The number of rotatable bonds is 2. The van der Waals surface area contributed by atoms with Crippen LogP contribution in [0.3, 0.4) is 0 Å². The maximum atomic E-state index is 3.30. The summed E-state index contributed by atoms with van der Waals surface area (Å²) in [5.41, 5.74) is 1.19. The van der Waals surface area contributed by atoms with Crippen LogP contribution in [0.5, 0.6) is 0 Å². The van der Waals surface area contributed by atoms with Crippen LogP contribution in [-0.2, 0) is 0 Å². The number of hydrogen-bond acceptors (Lipinski definition) is 2. The van der Waals surface area contributed by atoms with E-state index in [1.807, 2.05) is 32.3 Å². The standard InChI is InChI=1S/C9H13N.C2H7N/c1-8(2)10-9-6-4-3-5-7-9;1-3-2/h3-8,10H,1-2H3;3H,1-2H3. The Kier molecular flexibility index (Phi) is 7.02. The third-order valence-corrected chi connectivity index (χ3v) is 1.23. The van der Waals surface area contributed by atoms with E-state index in [0.29, 0.717) is 6.04 Å². The van der Waals surface area contributed by atoms with Crippen LogP contribution < -0.4 is 10.6 Å². The number of para-hydroxylation sites is 1. The molecule has 0 atom stereocenters. The number of benzene rings is 1. The molecule has 0 unspecified atom stereocenters. The van der Waals surface area contributed by atoms with E-state index < -0.39 is 0 Å². The van der Waals surface area contributed by atoms with E-state index in [4.69, 9.17) is 0 Å². The molecule has 1 rings (SSSR count). The second kappa shape index (κ2) is 7.62. The van der Waals surface area contributed by atoms with E-state index in [0.717, 1.165) is 0 Å². The van der Waals surface area contributed by atoms with Gasteiger partial charge in [-0.3, -0.25) is 0 Å². The van der Waals surface area contributed by atoms with E-state index in [9.17, 15) is 0 Å². The van der Waals surface area contributed by atoms with Gasteiger partial charge >= 0.3 is 0 Å². The van der Waals surface area contributed by atoms with Crippen molar-refractivity contribution in [3.05, 3.63) is 30.3 Å². The van der Waals surface area contributed by atoms with Gasteiger partial charge < -0.3 is 10.6 Å². The quantitative estimate of drug-likeness (QED) is 0.730. The van der Waals surface area contributed by atoms with Gasteiger partial charge in [-0.25, -0.2) is 0 Å². The van der Waals surface area contributed by atoms with Crippen LogP contribution in [0.2, 0.25) is 0 Å². The summed E-state index contributed by atoms with van der Waals surface area (Å²) in [6.45, 7) is 4.26. The minimum Gasteiger partial charge on any atom is -0.383 e. The Morgan fingerprint density at radius 2 is 1.46 bits per heavy atom. The highest BCUT2D eigenvalue weighted by Gasteiger charge is 1.90. The lowest BCUT2D eigenvalue weighted by atomic mass is 10.3. The number of anilines is 1. The van der Waals surface area contributed by atoms with E-state index in [1.54, 1.807) is 0 Å². The van der Waals surface area contributed by atoms with Gasteiger partial charge in [0.15, 0.2) is 0 Å². The van der Waals surface area contributed by atoms with Crippen molar-refractivity contribution < 1.29 is 0 Å².